The van der Waals surface area contributed by atoms with Gasteiger partial charge in [-0.3, -0.25) is 0 Å². The second-order valence-electron chi connectivity index (χ2n) is 5.68. The number of nitrogens with zero attached hydrogens (tertiary/aromatic N) is 1. The average molecular weight is 331 g/mol. The van der Waals surface area contributed by atoms with Crippen molar-refractivity contribution in [2.24, 2.45) is 0 Å². The average Bonchev–Trinajstić information content (AvgIpc) is 3.07. The SMILES string of the molecule is COc1ccccc1-c1cc2c(Nc3cccc(O)c3)nccc2[nH]1. The van der Waals surface area contributed by atoms with Crippen molar-refractivity contribution in [3.8, 4) is 22.8 Å². The number of fused-ring (bicyclic) bond motifs is 1. The Balaban J connectivity index is 1.79. The Kier molecular flexibility index (Phi) is 3.74. The van der Waals surface area contributed by atoms with Crippen molar-refractivity contribution in [2.45, 2.75) is 0 Å². The van der Waals surface area contributed by atoms with Crippen molar-refractivity contribution < 1.29 is 9.84 Å². The number of hydrogen-bond acceptors (Lipinski definition) is 4. The molecule has 4 aromatic rings. The van der Waals surface area contributed by atoms with E-state index in [2.05, 4.69) is 15.3 Å². The van der Waals surface area contributed by atoms with Crippen LogP contribution in [0.4, 0.5) is 11.5 Å². The van der Waals surface area contributed by atoms with E-state index in [1.165, 1.54) is 0 Å². The summed E-state index contributed by atoms with van der Waals surface area (Å²) >= 11 is 0. The van der Waals surface area contributed by atoms with Crippen LogP contribution in [0, 0.1) is 0 Å². The van der Waals surface area contributed by atoms with Gasteiger partial charge >= 0.3 is 0 Å². The topological polar surface area (TPSA) is 70.2 Å². The minimum Gasteiger partial charge on any atom is -0.508 e. The number of rotatable bonds is 4. The molecule has 0 aliphatic carbocycles. The molecule has 0 bridgehead atoms. The summed E-state index contributed by atoms with van der Waals surface area (Å²) in [6.07, 6.45) is 1.75. The van der Waals surface area contributed by atoms with Gasteiger partial charge in [0.2, 0.25) is 0 Å². The van der Waals surface area contributed by atoms with E-state index >= 15 is 0 Å². The van der Waals surface area contributed by atoms with Gasteiger partial charge in [0.05, 0.1) is 18.3 Å². The normalized spacial score (nSPS) is 10.8. The van der Waals surface area contributed by atoms with Crippen LogP contribution < -0.4 is 10.1 Å². The molecule has 0 radical (unpaired) electrons. The van der Waals surface area contributed by atoms with Crippen LogP contribution in [0.1, 0.15) is 0 Å². The first kappa shape index (κ1) is 15.1. The van der Waals surface area contributed by atoms with Crippen LogP contribution in [0.25, 0.3) is 22.2 Å². The Morgan fingerprint density at radius 2 is 1.92 bits per heavy atom. The summed E-state index contributed by atoms with van der Waals surface area (Å²) in [5, 5.41) is 13.9. The number of hydrogen-bond donors (Lipinski definition) is 3. The fourth-order valence-electron chi connectivity index (χ4n) is 2.89. The molecule has 0 saturated heterocycles. The third-order valence-corrected chi connectivity index (χ3v) is 4.05. The fourth-order valence-corrected chi connectivity index (χ4v) is 2.89. The van der Waals surface area contributed by atoms with Gasteiger partial charge in [-0.1, -0.05) is 18.2 Å². The van der Waals surface area contributed by atoms with Gasteiger partial charge in [-0.2, -0.15) is 0 Å². The summed E-state index contributed by atoms with van der Waals surface area (Å²) in [4.78, 5) is 7.85. The van der Waals surface area contributed by atoms with Gasteiger partial charge in [-0.05, 0) is 36.4 Å². The van der Waals surface area contributed by atoms with Crippen LogP contribution in [0.15, 0.2) is 66.9 Å². The van der Waals surface area contributed by atoms with Crippen molar-refractivity contribution in [1.29, 1.82) is 0 Å². The second-order valence-corrected chi connectivity index (χ2v) is 5.68. The van der Waals surface area contributed by atoms with Gasteiger partial charge < -0.3 is 20.1 Å². The fraction of sp³-hybridized carbons (Fsp3) is 0.0500. The highest BCUT2D eigenvalue weighted by Gasteiger charge is 2.11. The number of pyridine rings is 1. The lowest BCUT2D eigenvalue weighted by Gasteiger charge is -2.06. The molecule has 0 atom stereocenters. The number of methoxy groups -OCH3 is 1. The zero-order chi connectivity index (χ0) is 17.2. The van der Waals surface area contributed by atoms with Crippen molar-refractivity contribution in [2.75, 3.05) is 12.4 Å². The van der Waals surface area contributed by atoms with E-state index in [0.29, 0.717) is 0 Å². The summed E-state index contributed by atoms with van der Waals surface area (Å²) in [7, 11) is 1.66. The first-order chi connectivity index (χ1) is 12.2. The smallest absolute Gasteiger partial charge is 0.139 e. The van der Waals surface area contributed by atoms with Crippen molar-refractivity contribution in [1.82, 2.24) is 9.97 Å². The summed E-state index contributed by atoms with van der Waals surface area (Å²) in [6.45, 7) is 0. The molecule has 0 spiro atoms. The lowest BCUT2D eigenvalue weighted by Crippen LogP contribution is -1.93. The molecule has 5 heteroatoms. The Labute approximate surface area is 144 Å². The van der Waals surface area contributed by atoms with E-state index in [4.69, 9.17) is 4.74 Å². The first-order valence-corrected chi connectivity index (χ1v) is 7.92. The maximum absolute atomic E-state index is 9.63. The maximum Gasteiger partial charge on any atom is 0.139 e. The van der Waals surface area contributed by atoms with E-state index in [0.717, 1.165) is 39.4 Å². The van der Waals surface area contributed by atoms with Gasteiger partial charge in [0, 0.05) is 28.9 Å². The van der Waals surface area contributed by atoms with Crippen LogP contribution in [-0.2, 0) is 0 Å². The molecule has 0 fully saturated rings. The molecule has 0 aliphatic rings. The maximum atomic E-state index is 9.63. The van der Waals surface area contributed by atoms with Crippen LogP contribution in [0.2, 0.25) is 0 Å². The highest BCUT2D eigenvalue weighted by atomic mass is 16.5. The number of ether oxygens (including phenoxy) is 1. The van der Waals surface area contributed by atoms with Gasteiger partial charge in [-0.25, -0.2) is 4.98 Å². The molecule has 0 saturated carbocycles. The largest absolute Gasteiger partial charge is 0.508 e. The molecule has 3 N–H and O–H groups in total. The predicted molar refractivity (Wildman–Crippen MR) is 99.5 cm³/mol. The van der Waals surface area contributed by atoms with Crippen molar-refractivity contribution >= 4 is 22.4 Å². The minimum atomic E-state index is 0.209. The number of aromatic nitrogens is 2. The number of phenolic OH excluding ortho intramolecular Hbond substituents is 1. The number of H-pyrrole nitrogens is 1. The molecule has 5 nitrogen and oxygen atoms in total. The van der Waals surface area contributed by atoms with Gasteiger partial charge in [0.25, 0.3) is 0 Å². The van der Waals surface area contributed by atoms with Crippen molar-refractivity contribution in [3.05, 3.63) is 66.9 Å². The molecule has 2 aromatic heterocycles. The van der Waals surface area contributed by atoms with E-state index in [9.17, 15) is 5.11 Å². The summed E-state index contributed by atoms with van der Waals surface area (Å²) in [5.41, 5.74) is 3.70. The number of aromatic amines is 1. The highest BCUT2D eigenvalue weighted by Crippen LogP contribution is 2.34. The Morgan fingerprint density at radius 3 is 2.76 bits per heavy atom. The molecule has 0 unspecified atom stereocenters. The molecule has 4 rings (SSSR count). The van der Waals surface area contributed by atoms with Crippen LogP contribution in [0.3, 0.4) is 0 Å². The molecule has 0 amide bonds. The van der Waals surface area contributed by atoms with E-state index in [1.807, 2.05) is 42.5 Å². The van der Waals surface area contributed by atoms with Crippen LogP contribution in [0.5, 0.6) is 11.5 Å². The van der Waals surface area contributed by atoms with E-state index < -0.39 is 0 Å². The molecule has 2 heterocycles. The standard InChI is InChI=1S/C20H17N3O2/c1-25-19-8-3-2-7-15(19)18-12-16-17(23-18)9-10-21-20(16)22-13-5-4-6-14(24)11-13/h2-12,23-24H,1H3,(H,21,22). The second kappa shape index (κ2) is 6.20. The Hall–Kier alpha value is -3.47. The zero-order valence-electron chi connectivity index (χ0n) is 13.7. The first-order valence-electron chi connectivity index (χ1n) is 7.92. The van der Waals surface area contributed by atoms with Crippen LogP contribution >= 0.6 is 0 Å². The summed E-state index contributed by atoms with van der Waals surface area (Å²) < 4.78 is 5.46. The Morgan fingerprint density at radius 1 is 1.04 bits per heavy atom. The third kappa shape index (κ3) is 2.87. The van der Waals surface area contributed by atoms with E-state index in [-0.39, 0.29) is 5.75 Å². The van der Waals surface area contributed by atoms with Gasteiger partial charge in [0.15, 0.2) is 0 Å². The number of para-hydroxylation sites is 1. The lowest BCUT2D eigenvalue weighted by atomic mass is 10.1. The zero-order valence-corrected chi connectivity index (χ0v) is 13.7. The highest BCUT2D eigenvalue weighted by molar-refractivity contribution is 5.95. The molecule has 124 valence electrons. The van der Waals surface area contributed by atoms with Crippen molar-refractivity contribution in [3.63, 3.8) is 0 Å². The van der Waals surface area contributed by atoms with E-state index in [1.54, 1.807) is 31.5 Å². The lowest BCUT2D eigenvalue weighted by molar-refractivity contribution is 0.416. The number of phenols is 1. The third-order valence-electron chi connectivity index (χ3n) is 4.05. The minimum absolute atomic E-state index is 0.209. The molecule has 2 aromatic carbocycles. The molecular formula is C20H17N3O2. The number of benzene rings is 2. The number of aromatic hydroxyl groups is 1. The monoisotopic (exact) mass is 331 g/mol. The molecule has 0 aliphatic heterocycles. The van der Waals surface area contributed by atoms with Gasteiger partial charge in [-0.15, -0.1) is 0 Å². The predicted octanol–water partition coefficient (Wildman–Crippen LogP) is 4.69. The van der Waals surface area contributed by atoms with Crippen LogP contribution in [-0.4, -0.2) is 22.2 Å². The van der Waals surface area contributed by atoms with Gasteiger partial charge in [0.1, 0.15) is 17.3 Å². The molecule has 25 heavy (non-hydrogen) atoms. The number of nitrogens with one attached hydrogen (secondary N) is 2. The quantitative estimate of drug-likeness (QED) is 0.507. The summed E-state index contributed by atoms with van der Waals surface area (Å²) in [6, 6.07) is 18.8. The summed E-state index contributed by atoms with van der Waals surface area (Å²) in [5.74, 6) is 1.74. The number of anilines is 2. The molecular weight excluding hydrogens is 314 g/mol. The Bertz CT molecular complexity index is 1040.